The van der Waals surface area contributed by atoms with Crippen molar-refractivity contribution in [3.8, 4) is 0 Å². The van der Waals surface area contributed by atoms with Crippen LogP contribution in [0.2, 0.25) is 0 Å². The van der Waals surface area contributed by atoms with Crippen LogP contribution in [0.5, 0.6) is 0 Å². The Morgan fingerprint density at radius 1 is 1.55 bits per heavy atom. The minimum atomic E-state index is -2.71. The maximum atomic E-state index is 9.27. The van der Waals surface area contributed by atoms with E-state index < -0.39 is 11.3 Å². The van der Waals surface area contributed by atoms with Crippen molar-refractivity contribution >= 4 is 53.1 Å². The highest BCUT2D eigenvalue weighted by molar-refractivity contribution is 8.09. The Balaban J connectivity index is 3.64. The minimum Gasteiger partial charge on any atom is -0.345 e. The smallest absolute Gasteiger partial charge is 0.187 e. The first-order valence-electron chi connectivity index (χ1n) is 2.78. The first kappa shape index (κ1) is 12.4. The molecule has 68 valence electrons. The monoisotopic (exact) mass is 256 g/mol. The van der Waals surface area contributed by atoms with Gasteiger partial charge in [0.2, 0.25) is 0 Å². The molecule has 0 saturated heterocycles. The average Bonchev–Trinajstić information content (AvgIpc) is 1.84. The molecule has 0 bridgehead atoms. The SMILES string of the molecule is OP(=S)(CCCl)OCC(Cl)Cl. The summed E-state index contributed by atoms with van der Waals surface area (Å²) < 4.78 is 4.86. The summed E-state index contributed by atoms with van der Waals surface area (Å²) in [5.74, 6) is 0.281. The van der Waals surface area contributed by atoms with Gasteiger partial charge in [-0.3, -0.25) is 0 Å². The number of alkyl halides is 3. The van der Waals surface area contributed by atoms with Crippen molar-refractivity contribution in [3.05, 3.63) is 0 Å². The summed E-state index contributed by atoms with van der Waals surface area (Å²) in [6.07, 6.45) is 0.282. The molecule has 0 rings (SSSR count). The van der Waals surface area contributed by atoms with E-state index in [0.717, 1.165) is 0 Å². The van der Waals surface area contributed by atoms with Gasteiger partial charge in [0.05, 0.1) is 6.61 Å². The lowest BCUT2D eigenvalue weighted by molar-refractivity contribution is 0.323. The predicted molar refractivity (Wildman–Crippen MR) is 53.5 cm³/mol. The van der Waals surface area contributed by atoms with Gasteiger partial charge in [0.15, 0.2) is 6.49 Å². The van der Waals surface area contributed by atoms with Crippen LogP contribution in [0, 0.1) is 0 Å². The molecule has 2 nitrogen and oxygen atoms in total. The predicted octanol–water partition coefficient (Wildman–Crippen LogP) is 2.35. The molecule has 0 aliphatic heterocycles. The second kappa shape index (κ2) is 5.98. The molecule has 0 heterocycles. The number of hydrogen-bond donors (Lipinski definition) is 1. The minimum absolute atomic E-state index is 0.0494. The summed E-state index contributed by atoms with van der Waals surface area (Å²) in [7, 11) is 0. The first-order chi connectivity index (χ1) is 4.98. The molecule has 0 aromatic carbocycles. The Bertz CT molecular complexity index is 154. The summed E-state index contributed by atoms with van der Waals surface area (Å²) in [5, 5.41) is 0. The molecule has 0 spiro atoms. The van der Waals surface area contributed by atoms with Crippen molar-refractivity contribution in [1.29, 1.82) is 0 Å². The van der Waals surface area contributed by atoms with E-state index in [1.165, 1.54) is 0 Å². The van der Waals surface area contributed by atoms with Gasteiger partial charge in [-0.2, -0.15) is 0 Å². The zero-order chi connectivity index (χ0) is 8.91. The van der Waals surface area contributed by atoms with E-state index in [0.29, 0.717) is 0 Å². The fourth-order valence-corrected chi connectivity index (χ4v) is 2.82. The molecular weight excluding hydrogens is 249 g/mol. The third kappa shape index (κ3) is 7.79. The van der Waals surface area contributed by atoms with Gasteiger partial charge in [0, 0.05) is 12.0 Å². The molecule has 0 aliphatic carbocycles. The van der Waals surface area contributed by atoms with E-state index in [-0.39, 0.29) is 18.6 Å². The largest absolute Gasteiger partial charge is 0.345 e. The second-order valence-corrected chi connectivity index (χ2v) is 7.08. The maximum Gasteiger partial charge on any atom is 0.187 e. The highest BCUT2D eigenvalue weighted by Gasteiger charge is 2.13. The number of hydrogen-bond acceptors (Lipinski definition) is 2. The number of rotatable bonds is 5. The lowest BCUT2D eigenvalue weighted by Gasteiger charge is -2.14. The van der Waals surface area contributed by atoms with Crippen LogP contribution >= 0.6 is 41.3 Å². The number of halogens is 3. The molecule has 0 aliphatic rings. The van der Waals surface area contributed by atoms with Crippen molar-refractivity contribution in [1.82, 2.24) is 0 Å². The first-order valence-corrected chi connectivity index (χ1v) is 7.05. The molecule has 0 saturated carbocycles. The van der Waals surface area contributed by atoms with Gasteiger partial charge in [-0.25, -0.2) is 0 Å². The zero-order valence-electron chi connectivity index (χ0n) is 5.54. The molecule has 0 amide bonds. The van der Waals surface area contributed by atoms with Gasteiger partial charge >= 0.3 is 0 Å². The third-order valence-electron chi connectivity index (χ3n) is 0.769. The van der Waals surface area contributed by atoms with Gasteiger partial charge in [0.1, 0.15) is 4.84 Å². The van der Waals surface area contributed by atoms with Gasteiger partial charge < -0.3 is 9.42 Å². The van der Waals surface area contributed by atoms with Crippen LogP contribution in [-0.2, 0) is 16.3 Å². The lowest BCUT2D eigenvalue weighted by Crippen LogP contribution is -2.02. The van der Waals surface area contributed by atoms with Gasteiger partial charge in [-0.15, -0.1) is 34.8 Å². The Kier molecular flexibility index (Phi) is 6.76. The summed E-state index contributed by atoms with van der Waals surface area (Å²) in [6.45, 7) is -2.66. The highest BCUT2D eigenvalue weighted by atomic mass is 35.5. The van der Waals surface area contributed by atoms with Crippen LogP contribution in [0.15, 0.2) is 0 Å². The molecule has 1 atom stereocenters. The molecular formula is C4H8Cl3O2PS. The molecule has 1 N–H and O–H groups in total. The van der Waals surface area contributed by atoms with Crippen LogP contribution in [-0.4, -0.2) is 28.4 Å². The summed E-state index contributed by atoms with van der Waals surface area (Å²) in [6, 6.07) is 0. The van der Waals surface area contributed by atoms with E-state index in [1.54, 1.807) is 0 Å². The van der Waals surface area contributed by atoms with Crippen LogP contribution in [0.1, 0.15) is 0 Å². The van der Waals surface area contributed by atoms with Crippen molar-refractivity contribution in [2.45, 2.75) is 4.84 Å². The molecule has 0 fully saturated rings. The topological polar surface area (TPSA) is 29.5 Å². The van der Waals surface area contributed by atoms with Gasteiger partial charge in [-0.1, -0.05) is 0 Å². The zero-order valence-corrected chi connectivity index (χ0v) is 9.52. The standard InChI is InChI=1S/C4H8Cl3O2PS/c5-1-2-10(8,11)9-3-4(6)7/h4H,1-3H2,(H,8,11). The molecule has 0 aromatic heterocycles. The Hall–Kier alpha value is 1.44. The molecule has 7 heteroatoms. The molecule has 0 aromatic rings. The van der Waals surface area contributed by atoms with Crippen molar-refractivity contribution in [3.63, 3.8) is 0 Å². The quantitative estimate of drug-likeness (QED) is 0.605. The van der Waals surface area contributed by atoms with Gasteiger partial charge in [0.25, 0.3) is 0 Å². The lowest BCUT2D eigenvalue weighted by atomic mass is 10.9. The Labute approximate surface area is 85.9 Å². The maximum absolute atomic E-state index is 9.27. The second-order valence-electron chi connectivity index (χ2n) is 1.74. The fourth-order valence-electron chi connectivity index (χ4n) is 0.344. The van der Waals surface area contributed by atoms with Crippen LogP contribution in [0.25, 0.3) is 0 Å². The molecule has 0 radical (unpaired) electrons. The van der Waals surface area contributed by atoms with Crippen molar-refractivity contribution < 1.29 is 9.42 Å². The van der Waals surface area contributed by atoms with E-state index in [9.17, 15) is 4.89 Å². The van der Waals surface area contributed by atoms with Crippen LogP contribution in [0.3, 0.4) is 0 Å². The van der Waals surface area contributed by atoms with E-state index >= 15 is 0 Å². The highest BCUT2D eigenvalue weighted by Crippen LogP contribution is 2.42. The third-order valence-corrected chi connectivity index (χ3v) is 3.68. The van der Waals surface area contributed by atoms with Crippen molar-refractivity contribution in [2.24, 2.45) is 0 Å². The summed E-state index contributed by atoms with van der Waals surface area (Å²) in [5.41, 5.74) is 0. The Morgan fingerprint density at radius 3 is 2.45 bits per heavy atom. The fraction of sp³-hybridized carbons (Fsp3) is 1.00. The van der Waals surface area contributed by atoms with Crippen molar-refractivity contribution in [2.75, 3.05) is 18.6 Å². The summed E-state index contributed by atoms with van der Waals surface area (Å²) >= 11 is 20.8. The van der Waals surface area contributed by atoms with Gasteiger partial charge in [-0.05, 0) is 11.8 Å². The van der Waals surface area contributed by atoms with E-state index in [2.05, 4.69) is 0 Å². The van der Waals surface area contributed by atoms with E-state index in [1.807, 2.05) is 0 Å². The molecule has 1 unspecified atom stereocenters. The molecule has 11 heavy (non-hydrogen) atoms. The van der Waals surface area contributed by atoms with Crippen LogP contribution < -0.4 is 0 Å². The van der Waals surface area contributed by atoms with Crippen LogP contribution in [0.4, 0.5) is 0 Å². The average molecular weight is 258 g/mol. The summed E-state index contributed by atoms with van der Waals surface area (Å²) in [4.78, 5) is 8.61. The normalized spacial score (nSPS) is 16.8. The Morgan fingerprint density at radius 2 is 2.09 bits per heavy atom. The van der Waals surface area contributed by atoms with E-state index in [4.69, 9.17) is 51.1 Å².